The molecule has 1 heterocycles. The molecule has 32 heavy (non-hydrogen) atoms. The van der Waals surface area contributed by atoms with Gasteiger partial charge in [0.15, 0.2) is 0 Å². The van der Waals surface area contributed by atoms with Crippen LogP contribution >= 0.6 is 0 Å². The molecule has 7 heteroatoms. The topological polar surface area (TPSA) is 79.0 Å². The molecule has 0 saturated carbocycles. The zero-order chi connectivity index (χ0) is 22.9. The summed E-state index contributed by atoms with van der Waals surface area (Å²) >= 11 is 0. The minimum Gasteiger partial charge on any atom is -0.494 e. The van der Waals surface area contributed by atoms with Crippen molar-refractivity contribution >= 4 is 23.4 Å². The van der Waals surface area contributed by atoms with Gasteiger partial charge in [-0.1, -0.05) is 23.8 Å². The first kappa shape index (κ1) is 23.3. The summed E-state index contributed by atoms with van der Waals surface area (Å²) in [5, 5.41) is 2.70. The summed E-state index contributed by atoms with van der Waals surface area (Å²) in [4.78, 5) is 40.4. The summed E-state index contributed by atoms with van der Waals surface area (Å²) in [6, 6.07) is 14.8. The minimum atomic E-state index is -0.178. The Morgan fingerprint density at radius 1 is 0.969 bits per heavy atom. The lowest BCUT2D eigenvalue weighted by Gasteiger charge is -2.22. The molecule has 1 aliphatic heterocycles. The summed E-state index contributed by atoms with van der Waals surface area (Å²) < 4.78 is 5.70. The van der Waals surface area contributed by atoms with Crippen LogP contribution in [0, 0.1) is 6.92 Å². The van der Waals surface area contributed by atoms with Crippen LogP contribution in [-0.2, 0) is 9.59 Å². The first-order valence-corrected chi connectivity index (χ1v) is 11.1. The normalized spacial score (nSPS) is 13.9. The third kappa shape index (κ3) is 6.83. The highest BCUT2D eigenvalue weighted by atomic mass is 16.5. The zero-order valence-electron chi connectivity index (χ0n) is 18.8. The van der Waals surface area contributed by atoms with Crippen LogP contribution in [0.3, 0.4) is 0 Å². The van der Waals surface area contributed by atoms with Gasteiger partial charge in [0.1, 0.15) is 5.75 Å². The number of benzene rings is 2. The van der Waals surface area contributed by atoms with Gasteiger partial charge in [-0.2, -0.15) is 0 Å². The van der Waals surface area contributed by atoms with Crippen molar-refractivity contribution in [3.8, 4) is 5.75 Å². The number of amides is 3. The summed E-state index contributed by atoms with van der Waals surface area (Å²) in [7, 11) is 0. The molecule has 1 N–H and O–H groups in total. The second-order valence-corrected chi connectivity index (χ2v) is 8.05. The van der Waals surface area contributed by atoms with Gasteiger partial charge in [0.25, 0.3) is 5.91 Å². The number of nitrogens with one attached hydrogen (secondary N) is 1. The van der Waals surface area contributed by atoms with E-state index in [1.165, 1.54) is 12.5 Å². The largest absolute Gasteiger partial charge is 0.494 e. The first-order valence-electron chi connectivity index (χ1n) is 11.1. The van der Waals surface area contributed by atoms with Gasteiger partial charge in [0.05, 0.1) is 6.61 Å². The second kappa shape index (κ2) is 11.3. The van der Waals surface area contributed by atoms with Crippen LogP contribution in [0.1, 0.15) is 42.1 Å². The van der Waals surface area contributed by atoms with Crippen molar-refractivity contribution < 1.29 is 19.1 Å². The van der Waals surface area contributed by atoms with Gasteiger partial charge in [-0.3, -0.25) is 14.4 Å². The van der Waals surface area contributed by atoms with Crippen LogP contribution in [0.4, 0.5) is 5.69 Å². The summed E-state index contributed by atoms with van der Waals surface area (Å²) in [6.07, 6.45) is 1.82. The molecule has 170 valence electrons. The van der Waals surface area contributed by atoms with Gasteiger partial charge in [-0.25, -0.2) is 0 Å². The second-order valence-electron chi connectivity index (χ2n) is 8.05. The Labute approximate surface area is 189 Å². The van der Waals surface area contributed by atoms with E-state index in [1.54, 1.807) is 29.2 Å². The Kier molecular flexibility index (Phi) is 8.25. The summed E-state index contributed by atoms with van der Waals surface area (Å²) in [5.41, 5.74) is 2.31. The molecule has 0 atom stereocenters. The highest BCUT2D eigenvalue weighted by Gasteiger charge is 2.23. The monoisotopic (exact) mass is 437 g/mol. The van der Waals surface area contributed by atoms with Gasteiger partial charge < -0.3 is 19.9 Å². The SMILES string of the molecule is CC(=O)Nc1cccc(C(=O)N2CCCN(C(=O)CCCOc3ccc(C)cc3)CC2)c1. The van der Waals surface area contributed by atoms with E-state index >= 15 is 0 Å². The fourth-order valence-electron chi connectivity index (χ4n) is 3.69. The third-order valence-corrected chi connectivity index (χ3v) is 5.39. The van der Waals surface area contributed by atoms with Crippen LogP contribution in [0.25, 0.3) is 0 Å². The molecule has 0 unspecified atom stereocenters. The van der Waals surface area contributed by atoms with E-state index in [4.69, 9.17) is 4.74 Å². The van der Waals surface area contributed by atoms with Gasteiger partial charge in [-0.15, -0.1) is 0 Å². The van der Waals surface area contributed by atoms with Crippen molar-refractivity contribution in [2.45, 2.75) is 33.1 Å². The molecule has 3 amide bonds. The van der Waals surface area contributed by atoms with Crippen molar-refractivity contribution in [2.75, 3.05) is 38.1 Å². The highest BCUT2D eigenvalue weighted by molar-refractivity contribution is 5.96. The fraction of sp³-hybridized carbons (Fsp3) is 0.400. The molecular formula is C25H31N3O4. The number of aryl methyl sites for hydroxylation is 1. The number of rotatable bonds is 7. The molecule has 1 saturated heterocycles. The van der Waals surface area contributed by atoms with Crippen molar-refractivity contribution in [1.29, 1.82) is 0 Å². The zero-order valence-corrected chi connectivity index (χ0v) is 18.8. The van der Waals surface area contributed by atoms with E-state index in [1.807, 2.05) is 36.1 Å². The van der Waals surface area contributed by atoms with Gasteiger partial charge in [0.2, 0.25) is 11.8 Å². The van der Waals surface area contributed by atoms with Crippen LogP contribution in [0.5, 0.6) is 5.75 Å². The average molecular weight is 438 g/mol. The van der Waals surface area contributed by atoms with Crippen molar-refractivity contribution in [1.82, 2.24) is 9.80 Å². The maximum atomic E-state index is 12.9. The Morgan fingerprint density at radius 3 is 2.44 bits per heavy atom. The van der Waals surface area contributed by atoms with Crippen LogP contribution in [-0.4, -0.2) is 60.3 Å². The molecule has 3 rings (SSSR count). The number of nitrogens with zero attached hydrogens (tertiary/aromatic N) is 2. The van der Waals surface area contributed by atoms with E-state index in [0.717, 1.165) is 12.2 Å². The summed E-state index contributed by atoms with van der Waals surface area (Å²) in [6.45, 7) is 6.23. The van der Waals surface area contributed by atoms with E-state index in [-0.39, 0.29) is 17.7 Å². The Balaban J connectivity index is 1.45. The Morgan fingerprint density at radius 2 is 1.69 bits per heavy atom. The number of hydrogen-bond donors (Lipinski definition) is 1. The number of ether oxygens (including phenoxy) is 1. The molecule has 2 aromatic rings. The van der Waals surface area contributed by atoms with Gasteiger partial charge in [-0.05, 0) is 50.1 Å². The Hall–Kier alpha value is -3.35. The number of carbonyl (C=O) groups excluding carboxylic acids is 3. The summed E-state index contributed by atoms with van der Waals surface area (Å²) in [5.74, 6) is 0.648. The van der Waals surface area contributed by atoms with Gasteiger partial charge in [0, 0.05) is 50.8 Å². The molecule has 7 nitrogen and oxygen atoms in total. The lowest BCUT2D eigenvalue weighted by atomic mass is 10.1. The average Bonchev–Trinajstić information content (AvgIpc) is 3.03. The third-order valence-electron chi connectivity index (χ3n) is 5.39. The minimum absolute atomic E-state index is 0.0852. The maximum Gasteiger partial charge on any atom is 0.253 e. The van der Waals surface area contributed by atoms with Crippen molar-refractivity contribution in [2.24, 2.45) is 0 Å². The quantitative estimate of drug-likeness (QED) is 0.673. The molecule has 0 bridgehead atoms. The fourth-order valence-corrected chi connectivity index (χ4v) is 3.69. The van der Waals surface area contributed by atoms with E-state index in [2.05, 4.69) is 5.32 Å². The standard InChI is InChI=1S/C25H31N3O4/c1-19-9-11-23(12-10-19)32-17-4-8-24(30)27-13-5-14-28(16-15-27)25(31)21-6-3-7-22(18-21)26-20(2)29/h3,6-7,9-12,18H,4-5,8,13-17H2,1-2H3,(H,26,29). The number of anilines is 1. The van der Waals surface area contributed by atoms with Crippen molar-refractivity contribution in [3.63, 3.8) is 0 Å². The van der Waals surface area contributed by atoms with E-state index < -0.39 is 0 Å². The lowest BCUT2D eigenvalue weighted by molar-refractivity contribution is -0.131. The number of hydrogen-bond acceptors (Lipinski definition) is 4. The predicted molar refractivity (Wildman–Crippen MR) is 124 cm³/mol. The van der Waals surface area contributed by atoms with Crippen LogP contribution in [0.2, 0.25) is 0 Å². The predicted octanol–water partition coefficient (Wildman–Crippen LogP) is 3.49. The molecule has 0 spiro atoms. The lowest BCUT2D eigenvalue weighted by Crippen LogP contribution is -2.37. The van der Waals surface area contributed by atoms with E-state index in [9.17, 15) is 14.4 Å². The molecule has 2 aromatic carbocycles. The van der Waals surface area contributed by atoms with Gasteiger partial charge >= 0.3 is 0 Å². The first-order chi connectivity index (χ1) is 15.4. The molecule has 1 aliphatic rings. The number of carbonyl (C=O) groups is 3. The highest BCUT2D eigenvalue weighted by Crippen LogP contribution is 2.16. The smallest absolute Gasteiger partial charge is 0.253 e. The van der Waals surface area contributed by atoms with Crippen molar-refractivity contribution in [3.05, 3.63) is 59.7 Å². The molecule has 1 fully saturated rings. The molecule has 0 aromatic heterocycles. The Bertz CT molecular complexity index is 942. The van der Waals surface area contributed by atoms with Crippen LogP contribution < -0.4 is 10.1 Å². The molecule has 0 aliphatic carbocycles. The molecular weight excluding hydrogens is 406 g/mol. The molecule has 0 radical (unpaired) electrons. The van der Waals surface area contributed by atoms with Crippen LogP contribution in [0.15, 0.2) is 48.5 Å². The maximum absolute atomic E-state index is 12.9. The van der Waals surface area contributed by atoms with E-state index in [0.29, 0.717) is 56.9 Å².